The van der Waals surface area contributed by atoms with Crippen LogP contribution in [0.1, 0.15) is 18.4 Å². The Labute approximate surface area is 107 Å². The zero-order chi connectivity index (χ0) is 12.1. The van der Waals surface area contributed by atoms with Crippen LogP contribution in [0.3, 0.4) is 0 Å². The van der Waals surface area contributed by atoms with Crippen LogP contribution in [0.4, 0.5) is 0 Å². The summed E-state index contributed by atoms with van der Waals surface area (Å²) in [5, 5.41) is 0.164. The molecule has 17 heavy (non-hydrogen) atoms. The van der Waals surface area contributed by atoms with Crippen molar-refractivity contribution >= 4 is 17.2 Å². The van der Waals surface area contributed by atoms with Gasteiger partial charge in [-0.15, -0.1) is 11.6 Å². The zero-order valence-electron chi connectivity index (χ0n) is 9.99. The van der Waals surface area contributed by atoms with Gasteiger partial charge in [-0.05, 0) is 24.5 Å². The van der Waals surface area contributed by atoms with Crippen molar-refractivity contribution in [2.75, 3.05) is 20.3 Å². The Hall–Kier alpha value is -0.990. The number of hydrogen-bond acceptors (Lipinski definition) is 2. The Morgan fingerprint density at radius 1 is 1.29 bits per heavy atom. The van der Waals surface area contributed by atoms with Crippen LogP contribution in [0, 0.1) is 0 Å². The summed E-state index contributed by atoms with van der Waals surface area (Å²) in [7, 11) is 1.67. The lowest BCUT2D eigenvalue weighted by molar-refractivity contribution is 0.146. The first kappa shape index (κ1) is 12.5. The lowest BCUT2D eigenvalue weighted by Crippen LogP contribution is -2.05. The predicted molar refractivity (Wildman–Crippen MR) is 70.7 cm³/mol. The number of rotatable bonds is 5. The van der Waals surface area contributed by atoms with E-state index in [2.05, 4.69) is 12.1 Å². The van der Waals surface area contributed by atoms with Gasteiger partial charge in [-0.25, -0.2) is 0 Å². The molecule has 2 nitrogen and oxygen atoms in total. The second-order valence-corrected chi connectivity index (χ2v) is 4.64. The number of benzene rings is 1. The summed E-state index contributed by atoms with van der Waals surface area (Å²) >= 11 is 6.10. The van der Waals surface area contributed by atoms with Gasteiger partial charge in [0.1, 0.15) is 12.4 Å². The topological polar surface area (TPSA) is 18.5 Å². The summed E-state index contributed by atoms with van der Waals surface area (Å²) in [4.78, 5) is 0. The molecule has 1 aromatic carbocycles. The monoisotopic (exact) mass is 252 g/mol. The molecule has 0 fully saturated rings. The van der Waals surface area contributed by atoms with E-state index in [4.69, 9.17) is 21.1 Å². The minimum absolute atomic E-state index is 0.164. The number of allylic oxidation sites excluding steroid dienone is 2. The number of hydrogen-bond donors (Lipinski definition) is 0. The van der Waals surface area contributed by atoms with Crippen molar-refractivity contribution < 1.29 is 9.47 Å². The molecule has 0 aromatic heterocycles. The number of ether oxygens (including phenoxy) is 2. The van der Waals surface area contributed by atoms with Gasteiger partial charge in [0.2, 0.25) is 0 Å². The second kappa shape index (κ2) is 6.08. The second-order valence-electron chi connectivity index (χ2n) is 4.08. The molecule has 1 atom stereocenters. The largest absolute Gasteiger partial charge is 0.491 e. The molecule has 0 amide bonds. The quantitative estimate of drug-likeness (QED) is 0.590. The summed E-state index contributed by atoms with van der Waals surface area (Å²) in [5.41, 5.74) is 2.45. The Morgan fingerprint density at radius 3 is 2.82 bits per heavy atom. The third-order valence-corrected chi connectivity index (χ3v) is 3.19. The van der Waals surface area contributed by atoms with Gasteiger partial charge in [-0.1, -0.05) is 24.3 Å². The highest BCUT2D eigenvalue weighted by molar-refractivity contribution is 6.22. The van der Waals surface area contributed by atoms with Crippen LogP contribution < -0.4 is 4.74 Å². The van der Waals surface area contributed by atoms with E-state index in [9.17, 15) is 0 Å². The standard InChI is InChI=1S/C14H17ClO2/c1-16-8-9-17-14-5-3-2-4-13(14)11-6-7-12(15)10-11/h2-5,10,12H,6-9H2,1H3. The SMILES string of the molecule is COCCOc1ccccc1C1=CC(Cl)CC1. The molecular weight excluding hydrogens is 236 g/mol. The third kappa shape index (κ3) is 3.24. The molecule has 1 aliphatic rings. The van der Waals surface area contributed by atoms with Crippen LogP contribution in [-0.2, 0) is 4.74 Å². The first-order valence-corrected chi connectivity index (χ1v) is 6.31. The van der Waals surface area contributed by atoms with E-state index < -0.39 is 0 Å². The van der Waals surface area contributed by atoms with Crippen molar-refractivity contribution in [3.63, 3.8) is 0 Å². The van der Waals surface area contributed by atoms with Crippen molar-refractivity contribution in [1.29, 1.82) is 0 Å². The first-order valence-electron chi connectivity index (χ1n) is 5.87. The van der Waals surface area contributed by atoms with E-state index in [0.29, 0.717) is 13.2 Å². The smallest absolute Gasteiger partial charge is 0.126 e. The molecular formula is C14H17ClO2. The van der Waals surface area contributed by atoms with E-state index >= 15 is 0 Å². The molecule has 1 unspecified atom stereocenters. The van der Waals surface area contributed by atoms with Gasteiger partial charge < -0.3 is 9.47 Å². The Kier molecular flexibility index (Phi) is 4.46. The summed E-state index contributed by atoms with van der Waals surface area (Å²) < 4.78 is 10.7. The third-order valence-electron chi connectivity index (χ3n) is 2.85. The Morgan fingerprint density at radius 2 is 2.12 bits per heavy atom. The fraction of sp³-hybridized carbons (Fsp3) is 0.429. The molecule has 92 valence electrons. The minimum Gasteiger partial charge on any atom is -0.491 e. The Balaban J connectivity index is 2.13. The van der Waals surface area contributed by atoms with Gasteiger partial charge in [0.05, 0.1) is 12.0 Å². The highest BCUT2D eigenvalue weighted by atomic mass is 35.5. The van der Waals surface area contributed by atoms with E-state index in [1.807, 2.05) is 18.2 Å². The Bertz CT molecular complexity index is 401. The number of methoxy groups -OCH3 is 1. The van der Waals surface area contributed by atoms with Gasteiger partial charge in [0.25, 0.3) is 0 Å². The number of para-hydroxylation sites is 1. The molecule has 3 heteroatoms. The molecule has 1 aromatic rings. The van der Waals surface area contributed by atoms with Crippen LogP contribution in [0.2, 0.25) is 0 Å². The highest BCUT2D eigenvalue weighted by Gasteiger charge is 2.17. The molecule has 0 spiro atoms. The predicted octanol–water partition coefficient (Wildman–Crippen LogP) is 3.50. The molecule has 0 aliphatic heterocycles. The van der Waals surface area contributed by atoms with Crippen molar-refractivity contribution in [1.82, 2.24) is 0 Å². The summed E-state index contributed by atoms with van der Waals surface area (Å²) in [6, 6.07) is 8.09. The fourth-order valence-electron chi connectivity index (χ4n) is 2.00. The maximum absolute atomic E-state index is 6.10. The fourth-order valence-corrected chi connectivity index (χ4v) is 2.26. The number of alkyl halides is 1. The van der Waals surface area contributed by atoms with Crippen LogP contribution in [0.15, 0.2) is 30.3 Å². The van der Waals surface area contributed by atoms with Crippen LogP contribution in [0.5, 0.6) is 5.75 Å². The van der Waals surface area contributed by atoms with Gasteiger partial charge in [0.15, 0.2) is 0 Å². The van der Waals surface area contributed by atoms with E-state index in [1.165, 1.54) is 5.57 Å². The van der Waals surface area contributed by atoms with Crippen molar-refractivity contribution in [2.45, 2.75) is 18.2 Å². The lowest BCUT2D eigenvalue weighted by atomic mass is 10.0. The average molecular weight is 253 g/mol. The molecule has 0 radical (unpaired) electrons. The average Bonchev–Trinajstić information content (AvgIpc) is 2.77. The zero-order valence-corrected chi connectivity index (χ0v) is 10.7. The highest BCUT2D eigenvalue weighted by Crippen LogP contribution is 2.35. The summed E-state index contributed by atoms with van der Waals surface area (Å²) in [5.74, 6) is 0.918. The maximum Gasteiger partial charge on any atom is 0.126 e. The molecule has 2 rings (SSSR count). The summed E-state index contributed by atoms with van der Waals surface area (Å²) in [6.45, 7) is 1.18. The normalized spacial score (nSPS) is 19.2. The molecule has 0 saturated heterocycles. The van der Waals surface area contributed by atoms with E-state index in [1.54, 1.807) is 7.11 Å². The summed E-state index contributed by atoms with van der Waals surface area (Å²) in [6.07, 6.45) is 4.17. The minimum atomic E-state index is 0.164. The molecule has 0 N–H and O–H groups in total. The van der Waals surface area contributed by atoms with E-state index in [0.717, 1.165) is 24.2 Å². The van der Waals surface area contributed by atoms with Gasteiger partial charge in [-0.2, -0.15) is 0 Å². The maximum atomic E-state index is 6.10. The van der Waals surface area contributed by atoms with Crippen molar-refractivity contribution in [3.8, 4) is 5.75 Å². The van der Waals surface area contributed by atoms with Gasteiger partial charge in [-0.3, -0.25) is 0 Å². The molecule has 0 bridgehead atoms. The van der Waals surface area contributed by atoms with Crippen molar-refractivity contribution in [2.24, 2.45) is 0 Å². The van der Waals surface area contributed by atoms with Crippen LogP contribution >= 0.6 is 11.6 Å². The first-order chi connectivity index (χ1) is 8.31. The van der Waals surface area contributed by atoms with Gasteiger partial charge in [0, 0.05) is 12.7 Å². The van der Waals surface area contributed by atoms with Crippen LogP contribution in [-0.4, -0.2) is 25.7 Å². The van der Waals surface area contributed by atoms with Gasteiger partial charge >= 0.3 is 0 Å². The van der Waals surface area contributed by atoms with E-state index in [-0.39, 0.29) is 5.38 Å². The van der Waals surface area contributed by atoms with Crippen LogP contribution in [0.25, 0.3) is 5.57 Å². The molecule has 0 saturated carbocycles. The van der Waals surface area contributed by atoms with Crippen molar-refractivity contribution in [3.05, 3.63) is 35.9 Å². The molecule has 0 heterocycles. The molecule has 1 aliphatic carbocycles. The number of halogens is 1. The lowest BCUT2D eigenvalue weighted by Gasteiger charge is -2.11.